The molecule has 2 aromatic rings. The monoisotopic (exact) mass is 311 g/mol. The highest BCUT2D eigenvalue weighted by Crippen LogP contribution is 2.22. The number of anilines is 3. The fourth-order valence-electron chi connectivity index (χ4n) is 2.88. The van der Waals surface area contributed by atoms with Crippen molar-refractivity contribution in [2.45, 2.75) is 20.8 Å². The summed E-state index contributed by atoms with van der Waals surface area (Å²) in [5.74, 6) is 1.68. The van der Waals surface area contributed by atoms with E-state index in [1.54, 1.807) is 0 Å². The number of aryl methyl sites for hydroxylation is 3. The van der Waals surface area contributed by atoms with E-state index in [1.807, 2.05) is 6.92 Å². The van der Waals surface area contributed by atoms with Crippen molar-refractivity contribution in [3.8, 4) is 0 Å². The first-order valence-electron chi connectivity index (χ1n) is 8.15. The zero-order chi connectivity index (χ0) is 16.4. The number of piperazine rings is 1. The zero-order valence-corrected chi connectivity index (χ0v) is 14.4. The molecular weight excluding hydrogens is 286 g/mol. The van der Waals surface area contributed by atoms with Crippen LogP contribution in [0.5, 0.6) is 0 Å². The van der Waals surface area contributed by atoms with Crippen molar-refractivity contribution in [3.63, 3.8) is 0 Å². The van der Waals surface area contributed by atoms with Crippen molar-refractivity contribution in [1.82, 2.24) is 14.9 Å². The molecule has 1 aliphatic rings. The Morgan fingerprint density at radius 3 is 2.39 bits per heavy atom. The maximum Gasteiger partial charge on any atom is 0.229 e. The maximum absolute atomic E-state index is 4.73. The predicted molar refractivity (Wildman–Crippen MR) is 95.7 cm³/mol. The average molecular weight is 311 g/mol. The third-order valence-corrected chi connectivity index (χ3v) is 4.30. The molecule has 1 saturated heterocycles. The highest BCUT2D eigenvalue weighted by molar-refractivity contribution is 5.60. The summed E-state index contributed by atoms with van der Waals surface area (Å²) in [6, 6.07) is 8.43. The number of aromatic nitrogens is 2. The first-order valence-corrected chi connectivity index (χ1v) is 8.15. The Morgan fingerprint density at radius 1 is 0.957 bits per heavy atom. The zero-order valence-electron chi connectivity index (χ0n) is 14.4. The van der Waals surface area contributed by atoms with Crippen LogP contribution in [0.25, 0.3) is 0 Å². The number of benzene rings is 1. The van der Waals surface area contributed by atoms with Gasteiger partial charge in [-0.15, -0.1) is 0 Å². The lowest BCUT2D eigenvalue weighted by Crippen LogP contribution is -2.44. The van der Waals surface area contributed by atoms with Gasteiger partial charge < -0.3 is 15.1 Å². The first kappa shape index (κ1) is 15.7. The van der Waals surface area contributed by atoms with Crippen molar-refractivity contribution >= 4 is 17.5 Å². The van der Waals surface area contributed by atoms with Crippen molar-refractivity contribution in [1.29, 1.82) is 0 Å². The van der Waals surface area contributed by atoms with E-state index in [0.29, 0.717) is 5.95 Å². The van der Waals surface area contributed by atoms with Gasteiger partial charge in [0.25, 0.3) is 0 Å². The second-order valence-electron chi connectivity index (χ2n) is 6.42. The summed E-state index contributed by atoms with van der Waals surface area (Å²) >= 11 is 0. The molecule has 1 aromatic heterocycles. The molecule has 0 atom stereocenters. The van der Waals surface area contributed by atoms with Crippen molar-refractivity contribution < 1.29 is 0 Å². The number of nitrogens with one attached hydrogen (secondary N) is 1. The third-order valence-electron chi connectivity index (χ3n) is 4.30. The molecule has 23 heavy (non-hydrogen) atoms. The molecule has 3 rings (SSSR count). The van der Waals surface area contributed by atoms with Crippen LogP contribution in [0, 0.1) is 20.8 Å². The maximum atomic E-state index is 4.73. The van der Waals surface area contributed by atoms with Gasteiger partial charge in [0.05, 0.1) is 0 Å². The normalized spacial score (nSPS) is 15.7. The van der Waals surface area contributed by atoms with Crippen LogP contribution < -0.4 is 10.2 Å². The molecule has 2 heterocycles. The smallest absolute Gasteiger partial charge is 0.229 e. The Balaban J connectivity index is 1.82. The predicted octanol–water partition coefficient (Wildman–Crippen LogP) is 2.90. The van der Waals surface area contributed by atoms with E-state index in [0.717, 1.165) is 43.4 Å². The summed E-state index contributed by atoms with van der Waals surface area (Å²) in [6.07, 6.45) is 0. The second-order valence-corrected chi connectivity index (χ2v) is 6.42. The average Bonchev–Trinajstić information content (AvgIpc) is 2.50. The molecule has 0 radical (unpaired) electrons. The number of hydrogen-bond acceptors (Lipinski definition) is 5. The minimum absolute atomic E-state index is 0.672. The highest BCUT2D eigenvalue weighted by atomic mass is 15.3. The van der Waals surface area contributed by atoms with Crippen LogP contribution in [0.4, 0.5) is 17.5 Å². The van der Waals surface area contributed by atoms with Crippen LogP contribution in [0.1, 0.15) is 16.8 Å². The molecule has 0 saturated carbocycles. The van der Waals surface area contributed by atoms with E-state index in [1.165, 1.54) is 11.1 Å². The van der Waals surface area contributed by atoms with E-state index in [-0.39, 0.29) is 0 Å². The van der Waals surface area contributed by atoms with E-state index in [9.17, 15) is 0 Å². The van der Waals surface area contributed by atoms with Gasteiger partial charge in [0, 0.05) is 43.6 Å². The third kappa shape index (κ3) is 3.79. The summed E-state index contributed by atoms with van der Waals surface area (Å²) < 4.78 is 0. The molecular formula is C18H25N5. The van der Waals surface area contributed by atoms with Crippen molar-refractivity contribution in [2.24, 2.45) is 0 Å². The lowest BCUT2D eigenvalue weighted by atomic mass is 10.1. The van der Waals surface area contributed by atoms with E-state index in [4.69, 9.17) is 4.98 Å². The SMILES string of the molecule is Cc1ccc(Nc2nc(C)cc(N3CCN(C)CC3)n2)c(C)c1. The fourth-order valence-corrected chi connectivity index (χ4v) is 2.88. The van der Waals surface area contributed by atoms with Gasteiger partial charge in [0.1, 0.15) is 5.82 Å². The molecule has 0 unspecified atom stereocenters. The minimum atomic E-state index is 0.672. The number of nitrogens with zero attached hydrogens (tertiary/aromatic N) is 4. The Morgan fingerprint density at radius 2 is 1.70 bits per heavy atom. The van der Waals surface area contributed by atoms with Gasteiger partial charge in [-0.3, -0.25) is 0 Å². The molecule has 1 aromatic carbocycles. The molecule has 1 N–H and O–H groups in total. The molecule has 1 fully saturated rings. The summed E-state index contributed by atoms with van der Waals surface area (Å²) in [6.45, 7) is 10.4. The van der Waals surface area contributed by atoms with Crippen LogP contribution in [0.2, 0.25) is 0 Å². The number of rotatable bonds is 3. The van der Waals surface area contributed by atoms with Gasteiger partial charge in [-0.2, -0.15) is 4.98 Å². The molecule has 5 heteroatoms. The Hall–Kier alpha value is -2.14. The fraction of sp³-hybridized carbons (Fsp3) is 0.444. The topological polar surface area (TPSA) is 44.3 Å². The molecule has 0 amide bonds. The van der Waals surface area contributed by atoms with E-state index < -0.39 is 0 Å². The van der Waals surface area contributed by atoms with Gasteiger partial charge >= 0.3 is 0 Å². The van der Waals surface area contributed by atoms with Crippen LogP contribution in [0.15, 0.2) is 24.3 Å². The lowest BCUT2D eigenvalue weighted by Gasteiger charge is -2.33. The Labute approximate surface area is 138 Å². The van der Waals surface area contributed by atoms with Crippen LogP contribution >= 0.6 is 0 Å². The molecule has 0 spiro atoms. The van der Waals surface area contributed by atoms with Gasteiger partial charge in [-0.25, -0.2) is 4.98 Å². The Kier molecular flexibility index (Phi) is 4.48. The number of hydrogen-bond donors (Lipinski definition) is 1. The standard InChI is InChI=1S/C18H25N5/c1-13-5-6-16(14(2)11-13)20-18-19-15(3)12-17(21-18)23-9-7-22(4)8-10-23/h5-6,11-12H,7-10H2,1-4H3,(H,19,20,21). The summed E-state index contributed by atoms with van der Waals surface area (Å²) in [5, 5.41) is 3.37. The van der Waals surface area contributed by atoms with Gasteiger partial charge in [0.2, 0.25) is 5.95 Å². The summed E-state index contributed by atoms with van der Waals surface area (Å²) in [5.41, 5.74) is 4.51. The van der Waals surface area contributed by atoms with Gasteiger partial charge in [-0.05, 0) is 39.4 Å². The first-order chi connectivity index (χ1) is 11.0. The molecule has 0 aliphatic carbocycles. The molecule has 0 bridgehead atoms. The summed E-state index contributed by atoms with van der Waals surface area (Å²) in [4.78, 5) is 14.0. The second kappa shape index (κ2) is 6.54. The number of likely N-dealkylation sites (N-methyl/N-ethyl adjacent to an activating group) is 1. The van der Waals surface area contributed by atoms with Crippen LogP contribution in [-0.2, 0) is 0 Å². The summed E-state index contributed by atoms with van der Waals surface area (Å²) in [7, 11) is 2.16. The molecule has 1 aliphatic heterocycles. The van der Waals surface area contributed by atoms with Gasteiger partial charge in [0.15, 0.2) is 0 Å². The van der Waals surface area contributed by atoms with Crippen molar-refractivity contribution in [2.75, 3.05) is 43.4 Å². The highest BCUT2D eigenvalue weighted by Gasteiger charge is 2.16. The quantitative estimate of drug-likeness (QED) is 0.944. The lowest BCUT2D eigenvalue weighted by molar-refractivity contribution is 0.312. The van der Waals surface area contributed by atoms with Crippen LogP contribution in [-0.4, -0.2) is 48.1 Å². The van der Waals surface area contributed by atoms with Crippen LogP contribution in [0.3, 0.4) is 0 Å². The van der Waals surface area contributed by atoms with E-state index in [2.05, 4.69) is 65.3 Å². The van der Waals surface area contributed by atoms with Gasteiger partial charge in [-0.1, -0.05) is 17.7 Å². The molecule has 5 nitrogen and oxygen atoms in total. The van der Waals surface area contributed by atoms with E-state index >= 15 is 0 Å². The Bertz CT molecular complexity index is 690. The minimum Gasteiger partial charge on any atom is -0.354 e. The molecule has 122 valence electrons. The largest absolute Gasteiger partial charge is 0.354 e. The van der Waals surface area contributed by atoms with Crippen molar-refractivity contribution in [3.05, 3.63) is 41.1 Å².